The predicted molar refractivity (Wildman–Crippen MR) is 134 cm³/mol. The monoisotopic (exact) mass is 522 g/mol. The Kier molecular flexibility index (Phi) is 6.08. The van der Waals surface area contributed by atoms with Crippen LogP contribution in [0.3, 0.4) is 0 Å². The molecule has 0 fully saturated rings. The number of rotatable bonds is 5. The molecular formula is C25H23IN4O. The summed E-state index contributed by atoms with van der Waals surface area (Å²) in [4.78, 5) is 12.8. The number of carbonyl (C=O) groups is 1. The van der Waals surface area contributed by atoms with Crippen molar-refractivity contribution in [2.45, 2.75) is 20.8 Å². The van der Waals surface area contributed by atoms with Crippen LogP contribution in [0, 0.1) is 24.3 Å². The lowest BCUT2D eigenvalue weighted by molar-refractivity contribution is 0.0955. The van der Waals surface area contributed by atoms with Crippen LogP contribution < -0.4 is 5.43 Å². The van der Waals surface area contributed by atoms with Gasteiger partial charge in [-0.1, -0.05) is 12.1 Å². The molecular weight excluding hydrogens is 499 g/mol. The zero-order chi connectivity index (χ0) is 22.0. The van der Waals surface area contributed by atoms with E-state index < -0.39 is 0 Å². The van der Waals surface area contributed by atoms with Crippen LogP contribution in [0.15, 0.2) is 78.2 Å². The summed E-state index contributed by atoms with van der Waals surface area (Å²) in [6, 6.07) is 19.8. The molecule has 1 N–H and O–H groups in total. The van der Waals surface area contributed by atoms with E-state index in [2.05, 4.69) is 82.7 Å². The summed E-state index contributed by atoms with van der Waals surface area (Å²) < 4.78 is 5.36. The fourth-order valence-electron chi connectivity index (χ4n) is 3.69. The highest BCUT2D eigenvalue weighted by atomic mass is 127. The summed E-state index contributed by atoms with van der Waals surface area (Å²) in [7, 11) is 0. The molecule has 2 aromatic heterocycles. The quantitative estimate of drug-likeness (QED) is 0.208. The summed E-state index contributed by atoms with van der Waals surface area (Å²) in [5, 5.41) is 4.23. The van der Waals surface area contributed by atoms with E-state index in [0.29, 0.717) is 5.56 Å². The zero-order valence-corrected chi connectivity index (χ0v) is 19.8. The Morgan fingerprint density at radius 2 is 1.74 bits per heavy atom. The lowest BCUT2D eigenvalue weighted by atomic mass is 10.1. The molecule has 0 bridgehead atoms. The van der Waals surface area contributed by atoms with Crippen molar-refractivity contribution in [3.05, 3.63) is 105 Å². The molecule has 2 aromatic carbocycles. The van der Waals surface area contributed by atoms with Crippen molar-refractivity contribution in [3.63, 3.8) is 0 Å². The van der Waals surface area contributed by atoms with Crippen molar-refractivity contribution in [2.24, 2.45) is 5.10 Å². The van der Waals surface area contributed by atoms with Crippen molar-refractivity contribution >= 4 is 34.7 Å². The molecule has 0 spiro atoms. The maximum Gasteiger partial charge on any atom is 0.273 e. The molecule has 31 heavy (non-hydrogen) atoms. The molecule has 0 atom stereocenters. The third kappa shape index (κ3) is 4.34. The first-order valence-corrected chi connectivity index (χ1v) is 11.0. The van der Waals surface area contributed by atoms with E-state index in [-0.39, 0.29) is 5.91 Å². The Morgan fingerprint density at radius 1 is 1.00 bits per heavy atom. The molecule has 0 aliphatic heterocycles. The van der Waals surface area contributed by atoms with Crippen molar-refractivity contribution < 1.29 is 4.79 Å². The third-order valence-electron chi connectivity index (χ3n) is 5.27. The van der Waals surface area contributed by atoms with Crippen LogP contribution in [0.1, 0.15) is 32.9 Å². The van der Waals surface area contributed by atoms with Gasteiger partial charge in [0.1, 0.15) is 0 Å². The van der Waals surface area contributed by atoms with Crippen molar-refractivity contribution in [3.8, 4) is 11.4 Å². The lowest BCUT2D eigenvalue weighted by Crippen LogP contribution is -2.19. The molecule has 0 aliphatic rings. The number of benzene rings is 2. The minimum Gasteiger partial charge on any atom is -0.323 e. The predicted octanol–water partition coefficient (Wildman–Crippen LogP) is 5.56. The van der Waals surface area contributed by atoms with Crippen LogP contribution in [-0.2, 0) is 0 Å². The molecule has 0 unspecified atom stereocenters. The van der Waals surface area contributed by atoms with Crippen LogP contribution in [0.25, 0.3) is 11.4 Å². The van der Waals surface area contributed by atoms with Crippen LogP contribution in [0.5, 0.6) is 0 Å². The number of halogens is 1. The number of carbonyl (C=O) groups excluding carboxylic acids is 1. The molecule has 0 saturated heterocycles. The number of nitrogens with one attached hydrogen (secondary N) is 1. The second kappa shape index (κ2) is 8.93. The molecule has 6 heteroatoms. The van der Waals surface area contributed by atoms with Gasteiger partial charge in [0.05, 0.1) is 17.5 Å². The highest BCUT2D eigenvalue weighted by Crippen LogP contribution is 2.22. The fourth-order valence-corrected chi connectivity index (χ4v) is 4.03. The molecule has 0 aliphatic carbocycles. The average molecular weight is 522 g/mol. The summed E-state index contributed by atoms with van der Waals surface area (Å²) in [6.07, 6.45) is 5.53. The van der Waals surface area contributed by atoms with Gasteiger partial charge in [-0.2, -0.15) is 5.10 Å². The Morgan fingerprint density at radius 3 is 2.48 bits per heavy atom. The van der Waals surface area contributed by atoms with Gasteiger partial charge in [0.15, 0.2) is 0 Å². The standard InChI is InChI=1S/C25H23IN4O/c1-17-14-21(10-11-23(17)26)30-18(2)15-20(19(30)3)16-27-28-25(31)22-8-4-5-9-24(22)29-12-6-7-13-29/h4-16H,1-3H3,(H,28,31)/b27-16-. The Labute approximate surface area is 195 Å². The van der Waals surface area contributed by atoms with Crippen molar-refractivity contribution in [2.75, 3.05) is 0 Å². The van der Waals surface area contributed by atoms with Gasteiger partial charge < -0.3 is 9.13 Å². The fraction of sp³-hybridized carbons (Fsp3) is 0.120. The molecule has 4 rings (SSSR count). The summed E-state index contributed by atoms with van der Waals surface area (Å²) in [5.41, 5.74) is 9.57. The van der Waals surface area contributed by atoms with E-state index in [1.54, 1.807) is 12.3 Å². The first-order valence-electron chi connectivity index (χ1n) is 9.97. The second-order valence-electron chi connectivity index (χ2n) is 7.40. The molecule has 156 valence electrons. The number of nitrogens with zero attached hydrogens (tertiary/aromatic N) is 3. The maximum absolute atomic E-state index is 12.8. The van der Waals surface area contributed by atoms with E-state index >= 15 is 0 Å². The highest BCUT2D eigenvalue weighted by molar-refractivity contribution is 14.1. The number of hydrogen-bond acceptors (Lipinski definition) is 2. The van der Waals surface area contributed by atoms with Crippen LogP contribution in [-0.4, -0.2) is 21.3 Å². The number of para-hydroxylation sites is 1. The van der Waals surface area contributed by atoms with E-state index in [1.807, 2.05) is 47.3 Å². The summed E-state index contributed by atoms with van der Waals surface area (Å²) in [6.45, 7) is 6.25. The SMILES string of the molecule is Cc1cc(-n2c(C)cc(/C=N\NC(=O)c3ccccc3-n3cccc3)c2C)ccc1I. The zero-order valence-electron chi connectivity index (χ0n) is 17.6. The molecule has 2 heterocycles. The molecule has 0 saturated carbocycles. The number of aryl methyl sites for hydroxylation is 2. The number of hydrogen-bond donors (Lipinski definition) is 1. The average Bonchev–Trinajstić information content (AvgIpc) is 3.39. The minimum absolute atomic E-state index is 0.248. The van der Waals surface area contributed by atoms with Gasteiger partial charge in [-0.05, 0) is 97.5 Å². The summed E-state index contributed by atoms with van der Waals surface area (Å²) in [5.74, 6) is -0.248. The van der Waals surface area contributed by atoms with Crippen LogP contribution in [0.4, 0.5) is 0 Å². The van der Waals surface area contributed by atoms with E-state index in [4.69, 9.17) is 0 Å². The van der Waals surface area contributed by atoms with Crippen molar-refractivity contribution in [1.82, 2.24) is 14.6 Å². The topological polar surface area (TPSA) is 51.3 Å². The van der Waals surface area contributed by atoms with E-state index in [0.717, 1.165) is 28.3 Å². The van der Waals surface area contributed by atoms with Gasteiger partial charge >= 0.3 is 0 Å². The molecule has 1 amide bonds. The number of hydrazone groups is 1. The highest BCUT2D eigenvalue weighted by Gasteiger charge is 2.12. The molecule has 5 nitrogen and oxygen atoms in total. The smallest absolute Gasteiger partial charge is 0.273 e. The normalized spacial score (nSPS) is 11.2. The summed E-state index contributed by atoms with van der Waals surface area (Å²) >= 11 is 2.35. The second-order valence-corrected chi connectivity index (χ2v) is 8.56. The van der Waals surface area contributed by atoms with E-state index in [1.165, 1.54) is 9.13 Å². The van der Waals surface area contributed by atoms with Gasteiger partial charge in [-0.15, -0.1) is 0 Å². The molecule has 4 aromatic rings. The van der Waals surface area contributed by atoms with Gasteiger partial charge in [0.2, 0.25) is 0 Å². The van der Waals surface area contributed by atoms with E-state index in [9.17, 15) is 4.79 Å². The Hall–Kier alpha value is -3.13. The third-order valence-corrected chi connectivity index (χ3v) is 6.48. The number of aromatic nitrogens is 2. The van der Waals surface area contributed by atoms with Crippen molar-refractivity contribution in [1.29, 1.82) is 0 Å². The lowest BCUT2D eigenvalue weighted by Gasteiger charge is -2.11. The van der Waals surface area contributed by atoms with Crippen LogP contribution >= 0.6 is 22.6 Å². The molecule has 0 radical (unpaired) electrons. The maximum atomic E-state index is 12.8. The van der Waals surface area contributed by atoms with Gasteiger partial charge in [0, 0.05) is 38.6 Å². The first-order chi connectivity index (χ1) is 15.0. The Balaban J connectivity index is 1.56. The Bertz CT molecular complexity index is 1270. The van der Waals surface area contributed by atoms with Gasteiger partial charge in [-0.3, -0.25) is 4.79 Å². The first kappa shape index (κ1) is 21.1. The minimum atomic E-state index is -0.248. The van der Waals surface area contributed by atoms with Gasteiger partial charge in [-0.25, -0.2) is 5.43 Å². The van der Waals surface area contributed by atoms with Gasteiger partial charge in [0.25, 0.3) is 5.91 Å². The number of amides is 1. The largest absolute Gasteiger partial charge is 0.323 e. The van der Waals surface area contributed by atoms with Crippen LogP contribution in [0.2, 0.25) is 0 Å².